The molecule has 1 aliphatic carbocycles. The molecule has 1 aromatic rings. The summed E-state index contributed by atoms with van der Waals surface area (Å²) in [6.45, 7) is 4.41. The van der Waals surface area contributed by atoms with Crippen molar-refractivity contribution in [2.75, 3.05) is 7.11 Å². The maximum absolute atomic E-state index is 11.1. The normalized spacial score (nSPS) is 30.2. The zero-order chi connectivity index (χ0) is 14.8. The molecule has 112 valence electrons. The van der Waals surface area contributed by atoms with Crippen LogP contribution in [0.15, 0.2) is 4.52 Å². The minimum atomic E-state index is -0.510. The zero-order valence-corrected chi connectivity index (χ0v) is 12.4. The van der Waals surface area contributed by atoms with Crippen molar-refractivity contribution in [3.63, 3.8) is 0 Å². The Hall–Kier alpha value is -1.43. The van der Waals surface area contributed by atoms with E-state index in [0.717, 1.165) is 12.8 Å². The molecule has 0 radical (unpaired) electrons. The highest BCUT2D eigenvalue weighted by Gasteiger charge is 2.39. The maximum atomic E-state index is 11.1. The van der Waals surface area contributed by atoms with Crippen molar-refractivity contribution in [1.29, 1.82) is 0 Å². The number of carbonyl (C=O) groups excluding carboxylic acids is 1. The predicted molar refractivity (Wildman–Crippen MR) is 72.7 cm³/mol. The van der Waals surface area contributed by atoms with E-state index in [-0.39, 0.29) is 12.4 Å². The number of rotatable bonds is 4. The van der Waals surface area contributed by atoms with Gasteiger partial charge >= 0.3 is 5.97 Å². The van der Waals surface area contributed by atoms with Gasteiger partial charge in [-0.05, 0) is 31.1 Å². The van der Waals surface area contributed by atoms with Gasteiger partial charge in [-0.15, -0.1) is 0 Å². The number of nitrogens with zero attached hydrogens (tertiary/aromatic N) is 2. The van der Waals surface area contributed by atoms with Gasteiger partial charge in [0.1, 0.15) is 0 Å². The maximum Gasteiger partial charge on any atom is 0.306 e. The number of ether oxygens (including phenoxy) is 1. The van der Waals surface area contributed by atoms with Crippen LogP contribution in [-0.2, 0) is 21.5 Å². The monoisotopic (exact) mass is 281 g/mol. The van der Waals surface area contributed by atoms with Crippen LogP contribution in [0.25, 0.3) is 0 Å². The predicted octanol–water partition coefficient (Wildman–Crippen LogP) is 1.79. The molecule has 0 aliphatic heterocycles. The number of aryl methyl sites for hydroxylation is 1. The van der Waals surface area contributed by atoms with Crippen LogP contribution in [0.2, 0.25) is 0 Å². The number of esters is 1. The lowest BCUT2D eigenvalue weighted by molar-refractivity contribution is -0.140. The standard InChI is InChI=1S/C14H23N3O3/c1-9-6-10(2)8-14(15,7-9)13-16-11(20-17-13)4-5-12(18)19-3/h9-10H,4-8,15H2,1-3H3. The number of methoxy groups -OCH3 is 1. The van der Waals surface area contributed by atoms with E-state index in [9.17, 15) is 4.79 Å². The van der Waals surface area contributed by atoms with Crippen LogP contribution in [-0.4, -0.2) is 23.2 Å². The number of aromatic nitrogens is 2. The number of nitrogens with two attached hydrogens (primary N) is 1. The molecule has 2 rings (SSSR count). The van der Waals surface area contributed by atoms with Gasteiger partial charge in [-0.25, -0.2) is 0 Å². The van der Waals surface area contributed by atoms with E-state index in [1.165, 1.54) is 13.5 Å². The smallest absolute Gasteiger partial charge is 0.306 e. The number of carbonyl (C=O) groups is 1. The molecule has 1 fully saturated rings. The van der Waals surface area contributed by atoms with Crippen LogP contribution in [0.4, 0.5) is 0 Å². The molecule has 0 amide bonds. The Kier molecular flexibility index (Phi) is 4.42. The van der Waals surface area contributed by atoms with Crippen molar-refractivity contribution < 1.29 is 14.1 Å². The van der Waals surface area contributed by atoms with E-state index >= 15 is 0 Å². The summed E-state index contributed by atoms with van der Waals surface area (Å²) in [4.78, 5) is 15.5. The summed E-state index contributed by atoms with van der Waals surface area (Å²) >= 11 is 0. The average Bonchev–Trinajstić information content (AvgIpc) is 2.83. The fourth-order valence-corrected chi connectivity index (χ4v) is 3.23. The molecule has 6 nitrogen and oxygen atoms in total. The first-order valence-electron chi connectivity index (χ1n) is 7.11. The topological polar surface area (TPSA) is 91.2 Å². The summed E-state index contributed by atoms with van der Waals surface area (Å²) in [5, 5.41) is 4.02. The second-order valence-electron chi connectivity index (χ2n) is 6.10. The minimum Gasteiger partial charge on any atom is -0.469 e. The van der Waals surface area contributed by atoms with Crippen LogP contribution in [0, 0.1) is 11.8 Å². The van der Waals surface area contributed by atoms with Crippen LogP contribution in [0.3, 0.4) is 0 Å². The summed E-state index contributed by atoms with van der Waals surface area (Å²) in [6, 6.07) is 0. The van der Waals surface area contributed by atoms with E-state index < -0.39 is 5.54 Å². The Labute approximate surface area is 119 Å². The van der Waals surface area contributed by atoms with Gasteiger partial charge < -0.3 is 15.0 Å². The van der Waals surface area contributed by atoms with Gasteiger partial charge in [0.25, 0.3) is 0 Å². The number of hydrogen-bond acceptors (Lipinski definition) is 6. The molecular formula is C14H23N3O3. The summed E-state index contributed by atoms with van der Waals surface area (Å²) < 4.78 is 9.79. The lowest BCUT2D eigenvalue weighted by Gasteiger charge is -2.37. The van der Waals surface area contributed by atoms with Crippen molar-refractivity contribution >= 4 is 5.97 Å². The van der Waals surface area contributed by atoms with Crippen molar-refractivity contribution in [3.05, 3.63) is 11.7 Å². The first kappa shape index (κ1) is 15.0. The second kappa shape index (κ2) is 5.91. The van der Waals surface area contributed by atoms with Crippen molar-refractivity contribution in [1.82, 2.24) is 10.1 Å². The Morgan fingerprint density at radius 2 is 2.10 bits per heavy atom. The second-order valence-corrected chi connectivity index (χ2v) is 6.10. The van der Waals surface area contributed by atoms with Gasteiger partial charge in [0.15, 0.2) is 5.82 Å². The van der Waals surface area contributed by atoms with E-state index in [2.05, 4.69) is 28.7 Å². The van der Waals surface area contributed by atoms with Gasteiger partial charge in [-0.1, -0.05) is 19.0 Å². The first-order chi connectivity index (χ1) is 9.43. The molecule has 6 heteroatoms. The molecule has 2 atom stereocenters. The molecule has 1 saturated carbocycles. The van der Waals surface area contributed by atoms with Crippen LogP contribution in [0.5, 0.6) is 0 Å². The van der Waals surface area contributed by atoms with Crippen molar-refractivity contribution in [2.24, 2.45) is 17.6 Å². The molecule has 0 aromatic carbocycles. The Morgan fingerprint density at radius 1 is 1.45 bits per heavy atom. The summed E-state index contributed by atoms with van der Waals surface area (Å²) in [7, 11) is 1.36. The van der Waals surface area contributed by atoms with Crippen molar-refractivity contribution in [2.45, 2.75) is 51.5 Å². The minimum absolute atomic E-state index is 0.239. The highest BCUT2D eigenvalue weighted by atomic mass is 16.5. The molecule has 2 unspecified atom stereocenters. The van der Waals surface area contributed by atoms with Crippen molar-refractivity contribution in [3.8, 4) is 0 Å². The first-order valence-corrected chi connectivity index (χ1v) is 7.11. The average molecular weight is 281 g/mol. The molecule has 1 heterocycles. The largest absolute Gasteiger partial charge is 0.469 e. The molecule has 1 aliphatic rings. The fourth-order valence-electron chi connectivity index (χ4n) is 3.23. The lowest BCUT2D eigenvalue weighted by atomic mass is 9.72. The van der Waals surface area contributed by atoms with Crippen LogP contribution < -0.4 is 5.73 Å². The third kappa shape index (κ3) is 3.36. The van der Waals surface area contributed by atoms with Gasteiger partial charge in [0.2, 0.25) is 5.89 Å². The van der Waals surface area contributed by atoms with Gasteiger partial charge in [-0.3, -0.25) is 4.79 Å². The Balaban J connectivity index is 2.05. The fraction of sp³-hybridized carbons (Fsp3) is 0.786. The van der Waals surface area contributed by atoms with Gasteiger partial charge in [-0.2, -0.15) is 4.98 Å². The molecule has 2 N–H and O–H groups in total. The molecule has 0 saturated heterocycles. The Morgan fingerprint density at radius 3 is 2.70 bits per heavy atom. The molecule has 1 aromatic heterocycles. The van der Waals surface area contributed by atoms with Gasteiger partial charge in [0.05, 0.1) is 19.1 Å². The van der Waals surface area contributed by atoms with E-state index in [1.54, 1.807) is 0 Å². The molecular weight excluding hydrogens is 258 g/mol. The van der Waals surface area contributed by atoms with E-state index in [0.29, 0.717) is 30.0 Å². The van der Waals surface area contributed by atoms with Crippen LogP contribution in [0.1, 0.15) is 51.2 Å². The third-order valence-electron chi connectivity index (χ3n) is 3.91. The molecule has 0 spiro atoms. The van der Waals surface area contributed by atoms with Crippen LogP contribution >= 0.6 is 0 Å². The van der Waals surface area contributed by atoms with E-state index in [4.69, 9.17) is 10.3 Å². The summed E-state index contributed by atoms with van der Waals surface area (Å²) in [6.07, 6.45) is 3.55. The summed E-state index contributed by atoms with van der Waals surface area (Å²) in [5.74, 6) is 1.84. The highest BCUT2D eigenvalue weighted by molar-refractivity contribution is 5.69. The summed E-state index contributed by atoms with van der Waals surface area (Å²) in [5.41, 5.74) is 5.97. The third-order valence-corrected chi connectivity index (χ3v) is 3.91. The SMILES string of the molecule is COC(=O)CCc1nc(C2(N)CC(C)CC(C)C2)no1. The van der Waals surface area contributed by atoms with Gasteiger partial charge in [0, 0.05) is 6.42 Å². The molecule has 0 bridgehead atoms. The van der Waals surface area contributed by atoms with E-state index in [1.807, 2.05) is 0 Å². The highest BCUT2D eigenvalue weighted by Crippen LogP contribution is 2.39. The zero-order valence-electron chi connectivity index (χ0n) is 12.4. The molecule has 20 heavy (non-hydrogen) atoms. The quantitative estimate of drug-likeness (QED) is 0.846. The lowest BCUT2D eigenvalue weighted by Crippen LogP contribution is -2.44. The Bertz CT molecular complexity index is 462. The number of hydrogen-bond donors (Lipinski definition) is 1.